The summed E-state index contributed by atoms with van der Waals surface area (Å²) < 4.78 is 17.9. The number of hydrogen-bond donors (Lipinski definition) is 0. The zero-order chi connectivity index (χ0) is 23.8. The Hall–Kier alpha value is -1.67. The fraction of sp³-hybridized carbons (Fsp3) is 0.231. The number of aromatic nitrogens is 3. The van der Waals surface area contributed by atoms with Crippen LogP contribution in [0.2, 0.25) is 5.02 Å². The van der Waals surface area contributed by atoms with E-state index in [2.05, 4.69) is 53.5 Å². The van der Waals surface area contributed by atoms with Gasteiger partial charge < -0.3 is 0 Å². The van der Waals surface area contributed by atoms with Gasteiger partial charge in [0.1, 0.15) is 5.82 Å². The second-order valence-corrected chi connectivity index (χ2v) is 11.4. The topological polar surface area (TPSA) is 30.7 Å². The maximum Gasteiger partial charge on any atom is 0.173 e. The predicted molar refractivity (Wildman–Crippen MR) is 144 cm³/mol. The van der Waals surface area contributed by atoms with E-state index in [0.717, 1.165) is 60.9 Å². The van der Waals surface area contributed by atoms with Gasteiger partial charge in [-0.3, -0.25) is 9.55 Å². The summed E-state index contributed by atoms with van der Waals surface area (Å²) in [5.74, 6) is 0.665. The lowest BCUT2D eigenvalue weighted by molar-refractivity contribution is 0.586. The largest absolute Gasteiger partial charge is 0.291 e. The van der Waals surface area contributed by atoms with Gasteiger partial charge in [0.25, 0.3) is 0 Å². The highest BCUT2D eigenvalue weighted by atomic mass is 79.9. The molecular formula is C26H21Br2ClFN3S. The Morgan fingerprint density at radius 1 is 1.12 bits per heavy atom. The van der Waals surface area contributed by atoms with Crippen molar-refractivity contribution >= 4 is 55.2 Å². The van der Waals surface area contributed by atoms with E-state index in [1.165, 1.54) is 23.4 Å². The zero-order valence-corrected chi connectivity index (χ0v) is 23.1. The number of rotatable bonds is 5. The molecule has 4 aromatic rings. The average Bonchev–Trinajstić information content (AvgIpc) is 3.19. The molecule has 0 spiro atoms. The monoisotopic (exact) mass is 619 g/mol. The van der Waals surface area contributed by atoms with Crippen LogP contribution in [-0.2, 0) is 12.2 Å². The molecule has 0 radical (unpaired) electrons. The van der Waals surface area contributed by atoms with Crippen LogP contribution in [0.4, 0.5) is 4.39 Å². The smallest absolute Gasteiger partial charge is 0.173 e. The van der Waals surface area contributed by atoms with E-state index in [9.17, 15) is 4.39 Å². The summed E-state index contributed by atoms with van der Waals surface area (Å²) in [6.07, 6.45) is 6.65. The first-order chi connectivity index (χ1) is 16.4. The van der Waals surface area contributed by atoms with E-state index < -0.39 is 0 Å². The van der Waals surface area contributed by atoms with Gasteiger partial charge in [-0.25, -0.2) is 9.37 Å². The lowest BCUT2D eigenvalue weighted by atomic mass is 9.83. The van der Waals surface area contributed by atoms with Gasteiger partial charge in [0.05, 0.1) is 11.4 Å². The van der Waals surface area contributed by atoms with Gasteiger partial charge in [-0.15, -0.1) is 0 Å². The van der Waals surface area contributed by atoms with Gasteiger partial charge in [-0.05, 0) is 105 Å². The number of imidazole rings is 1. The van der Waals surface area contributed by atoms with E-state index in [1.807, 2.05) is 25.1 Å². The zero-order valence-electron chi connectivity index (χ0n) is 18.4. The summed E-state index contributed by atoms with van der Waals surface area (Å²) in [4.78, 5) is 9.31. The molecule has 0 bridgehead atoms. The van der Waals surface area contributed by atoms with Crippen molar-refractivity contribution < 1.29 is 4.39 Å². The van der Waals surface area contributed by atoms with Crippen molar-refractivity contribution in [2.75, 3.05) is 0 Å². The molecule has 2 heterocycles. The number of halogens is 4. The quantitative estimate of drug-likeness (QED) is 0.209. The van der Waals surface area contributed by atoms with Crippen LogP contribution < -0.4 is 0 Å². The molecule has 0 fully saturated rings. The molecule has 34 heavy (non-hydrogen) atoms. The number of aryl methyl sites for hydroxylation is 2. The summed E-state index contributed by atoms with van der Waals surface area (Å²) in [5, 5.41) is 1.68. The lowest BCUT2D eigenvalue weighted by Gasteiger charge is -2.25. The molecule has 3 nitrogen and oxygen atoms in total. The lowest BCUT2D eigenvalue weighted by Crippen LogP contribution is -2.15. The van der Waals surface area contributed by atoms with Crippen LogP contribution in [-0.4, -0.2) is 14.5 Å². The van der Waals surface area contributed by atoms with Gasteiger partial charge in [0, 0.05) is 43.7 Å². The van der Waals surface area contributed by atoms with Crippen LogP contribution in [0.1, 0.15) is 46.8 Å². The molecule has 1 atom stereocenters. The molecule has 1 unspecified atom stereocenters. The highest BCUT2D eigenvalue weighted by Gasteiger charge is 2.30. The summed E-state index contributed by atoms with van der Waals surface area (Å²) in [6, 6.07) is 13.0. The highest BCUT2D eigenvalue weighted by Crippen LogP contribution is 2.42. The van der Waals surface area contributed by atoms with Gasteiger partial charge in [0.15, 0.2) is 5.16 Å². The molecule has 0 saturated carbocycles. The standard InChI is InChI=1S/C26H21Br2ClFN3S/c1-15-11-16(5-10-23(15)29)19-3-2-4-24-25(19)33(18-8-6-17(30)7-9-18)26(32-24)34-14-20-21(27)12-31-13-22(20)28/h5-13,19H,2-4,14H2,1H3. The van der Waals surface area contributed by atoms with E-state index >= 15 is 0 Å². The minimum Gasteiger partial charge on any atom is -0.291 e. The van der Waals surface area contributed by atoms with Crippen molar-refractivity contribution in [1.29, 1.82) is 0 Å². The number of thioether (sulfide) groups is 1. The molecule has 8 heteroatoms. The first-order valence-electron chi connectivity index (χ1n) is 11.0. The Bertz CT molecular complexity index is 1340. The molecule has 0 N–H and O–H groups in total. The van der Waals surface area contributed by atoms with Crippen molar-refractivity contribution in [3.8, 4) is 5.69 Å². The molecular weight excluding hydrogens is 601 g/mol. The first kappa shape index (κ1) is 24.0. The second-order valence-electron chi connectivity index (χ2n) is 8.36. The summed E-state index contributed by atoms with van der Waals surface area (Å²) in [5.41, 5.74) is 6.65. The molecule has 2 aromatic carbocycles. The van der Waals surface area contributed by atoms with Crippen molar-refractivity contribution in [3.63, 3.8) is 0 Å². The van der Waals surface area contributed by atoms with Crippen molar-refractivity contribution in [3.05, 3.63) is 103 Å². The maximum atomic E-state index is 13.8. The number of nitrogens with zero attached hydrogens (tertiary/aromatic N) is 3. The molecule has 1 aliphatic rings. The fourth-order valence-electron chi connectivity index (χ4n) is 4.46. The Kier molecular flexibility index (Phi) is 7.17. The van der Waals surface area contributed by atoms with Crippen LogP contribution in [0, 0.1) is 12.7 Å². The maximum absolute atomic E-state index is 13.8. The van der Waals surface area contributed by atoms with Crippen LogP contribution in [0.15, 0.2) is 69.0 Å². The van der Waals surface area contributed by atoms with Gasteiger partial charge >= 0.3 is 0 Å². The highest BCUT2D eigenvalue weighted by molar-refractivity contribution is 9.11. The third-order valence-corrected chi connectivity index (χ3v) is 8.92. The number of fused-ring (bicyclic) bond motifs is 1. The third-order valence-electron chi connectivity index (χ3n) is 6.16. The molecule has 1 aliphatic carbocycles. The van der Waals surface area contributed by atoms with Crippen LogP contribution in [0.25, 0.3) is 5.69 Å². The molecule has 0 saturated heterocycles. The van der Waals surface area contributed by atoms with Crippen LogP contribution >= 0.6 is 55.2 Å². The third kappa shape index (κ3) is 4.72. The van der Waals surface area contributed by atoms with Crippen molar-refractivity contribution in [2.45, 2.75) is 43.0 Å². The molecule has 0 amide bonds. The van der Waals surface area contributed by atoms with Crippen LogP contribution in [0.3, 0.4) is 0 Å². The number of benzene rings is 2. The Labute approximate surface area is 224 Å². The van der Waals surface area contributed by atoms with E-state index in [0.29, 0.717) is 5.75 Å². The van der Waals surface area contributed by atoms with Gasteiger partial charge in [-0.2, -0.15) is 0 Å². The average molecular weight is 622 g/mol. The fourth-order valence-corrected chi connectivity index (χ4v) is 7.26. The van der Waals surface area contributed by atoms with Crippen molar-refractivity contribution in [1.82, 2.24) is 14.5 Å². The number of hydrogen-bond acceptors (Lipinski definition) is 3. The van der Waals surface area contributed by atoms with E-state index in [4.69, 9.17) is 16.6 Å². The molecule has 174 valence electrons. The second kappa shape index (κ2) is 10.1. The molecule has 2 aromatic heterocycles. The summed E-state index contributed by atoms with van der Waals surface area (Å²) in [6.45, 7) is 2.04. The van der Waals surface area contributed by atoms with Crippen LogP contribution in [0.5, 0.6) is 0 Å². The van der Waals surface area contributed by atoms with Gasteiger partial charge in [-0.1, -0.05) is 35.5 Å². The Morgan fingerprint density at radius 3 is 2.56 bits per heavy atom. The van der Waals surface area contributed by atoms with Gasteiger partial charge in [0.2, 0.25) is 0 Å². The SMILES string of the molecule is Cc1cc(C2CCCc3nc(SCc4c(Br)cncc4Br)n(-c4ccc(F)cc4)c32)ccc1Cl. The van der Waals surface area contributed by atoms with E-state index in [-0.39, 0.29) is 11.7 Å². The normalized spacial score (nSPS) is 15.4. The first-order valence-corrected chi connectivity index (χ1v) is 13.9. The Morgan fingerprint density at radius 2 is 1.85 bits per heavy atom. The van der Waals surface area contributed by atoms with Crippen molar-refractivity contribution in [2.24, 2.45) is 0 Å². The minimum absolute atomic E-state index is 0.200. The Balaban J connectivity index is 1.62. The molecule has 5 rings (SSSR count). The predicted octanol–water partition coefficient (Wildman–Crippen LogP) is 8.65. The van der Waals surface area contributed by atoms with E-state index in [1.54, 1.807) is 24.2 Å². The minimum atomic E-state index is -0.249. The molecule has 0 aliphatic heterocycles. The summed E-state index contributed by atoms with van der Waals surface area (Å²) in [7, 11) is 0. The summed E-state index contributed by atoms with van der Waals surface area (Å²) >= 11 is 15.2. The number of pyridine rings is 1.